The summed E-state index contributed by atoms with van der Waals surface area (Å²) in [4.78, 5) is 0. The van der Waals surface area contributed by atoms with Crippen LogP contribution < -0.4 is 5.73 Å². The van der Waals surface area contributed by atoms with Crippen LogP contribution in [-0.2, 0) is 0 Å². The summed E-state index contributed by atoms with van der Waals surface area (Å²) in [6.45, 7) is 6.56. The van der Waals surface area contributed by atoms with Crippen molar-refractivity contribution in [2.75, 3.05) is 0 Å². The van der Waals surface area contributed by atoms with Crippen LogP contribution in [0.4, 0.5) is 0 Å². The molecule has 2 rings (SSSR count). The predicted octanol–water partition coefficient (Wildman–Crippen LogP) is 4.93. The summed E-state index contributed by atoms with van der Waals surface area (Å²) < 4.78 is 0. The van der Waals surface area contributed by atoms with E-state index in [0.717, 1.165) is 27.8 Å². The first-order valence-electron chi connectivity index (χ1n) is 6.39. The van der Waals surface area contributed by atoms with Crippen molar-refractivity contribution in [3.05, 3.63) is 47.0 Å². The van der Waals surface area contributed by atoms with Gasteiger partial charge in [0.05, 0.1) is 0 Å². The Labute approximate surface area is 114 Å². The number of halogens is 1. The molecule has 0 aliphatic heterocycles. The SMILES string of the molecule is CCC(C)(C)C(N)c1cc(Cl)c2ccccc2c1. The molecule has 0 heterocycles. The lowest BCUT2D eigenvalue weighted by Crippen LogP contribution is -2.28. The molecule has 96 valence electrons. The maximum absolute atomic E-state index is 6.38. The largest absolute Gasteiger partial charge is 0.324 e. The quantitative estimate of drug-likeness (QED) is 0.833. The Balaban J connectivity index is 2.53. The lowest BCUT2D eigenvalue weighted by atomic mass is 9.78. The summed E-state index contributed by atoms with van der Waals surface area (Å²) in [6.07, 6.45) is 1.04. The van der Waals surface area contributed by atoms with Crippen molar-refractivity contribution in [2.45, 2.75) is 33.2 Å². The van der Waals surface area contributed by atoms with Gasteiger partial charge in [-0.05, 0) is 34.9 Å². The standard InChI is InChI=1S/C16H20ClN/c1-4-16(2,3)15(18)12-9-11-7-5-6-8-13(11)14(17)10-12/h5-10,15H,4,18H2,1-3H3. The smallest absolute Gasteiger partial charge is 0.0487 e. The summed E-state index contributed by atoms with van der Waals surface area (Å²) in [5, 5.41) is 3.03. The molecular formula is C16H20ClN. The first-order valence-corrected chi connectivity index (χ1v) is 6.77. The molecule has 1 atom stereocenters. The van der Waals surface area contributed by atoms with E-state index in [0.29, 0.717) is 0 Å². The van der Waals surface area contributed by atoms with Crippen molar-refractivity contribution in [2.24, 2.45) is 11.1 Å². The van der Waals surface area contributed by atoms with Gasteiger partial charge in [0.15, 0.2) is 0 Å². The summed E-state index contributed by atoms with van der Waals surface area (Å²) in [5.41, 5.74) is 7.58. The van der Waals surface area contributed by atoms with E-state index in [1.165, 1.54) is 0 Å². The molecule has 2 N–H and O–H groups in total. The van der Waals surface area contributed by atoms with Gasteiger partial charge in [0.1, 0.15) is 0 Å². The number of rotatable bonds is 3. The Bertz CT molecular complexity index is 560. The Morgan fingerprint density at radius 2 is 1.89 bits per heavy atom. The van der Waals surface area contributed by atoms with Crippen LogP contribution in [0.5, 0.6) is 0 Å². The maximum atomic E-state index is 6.38. The van der Waals surface area contributed by atoms with E-state index >= 15 is 0 Å². The van der Waals surface area contributed by atoms with Gasteiger partial charge in [-0.2, -0.15) is 0 Å². The Morgan fingerprint density at radius 1 is 1.22 bits per heavy atom. The Morgan fingerprint density at radius 3 is 2.56 bits per heavy atom. The van der Waals surface area contributed by atoms with Gasteiger partial charge >= 0.3 is 0 Å². The van der Waals surface area contributed by atoms with Gasteiger partial charge in [0.2, 0.25) is 0 Å². The zero-order chi connectivity index (χ0) is 13.3. The van der Waals surface area contributed by atoms with E-state index in [2.05, 4.69) is 32.9 Å². The Kier molecular flexibility index (Phi) is 3.65. The fraction of sp³-hybridized carbons (Fsp3) is 0.375. The number of benzene rings is 2. The third-order valence-electron chi connectivity index (χ3n) is 3.95. The van der Waals surface area contributed by atoms with Crippen LogP contribution in [0, 0.1) is 5.41 Å². The molecule has 0 aromatic heterocycles. The van der Waals surface area contributed by atoms with Crippen molar-refractivity contribution in [1.82, 2.24) is 0 Å². The topological polar surface area (TPSA) is 26.0 Å². The molecule has 18 heavy (non-hydrogen) atoms. The zero-order valence-electron chi connectivity index (χ0n) is 11.2. The lowest BCUT2D eigenvalue weighted by Gasteiger charge is -2.31. The molecule has 0 spiro atoms. The summed E-state index contributed by atoms with van der Waals surface area (Å²) in [7, 11) is 0. The van der Waals surface area contributed by atoms with Gasteiger partial charge in [-0.1, -0.05) is 56.6 Å². The molecule has 0 saturated heterocycles. The van der Waals surface area contributed by atoms with Crippen LogP contribution in [0.25, 0.3) is 10.8 Å². The number of hydrogen-bond acceptors (Lipinski definition) is 1. The first kappa shape index (κ1) is 13.4. The van der Waals surface area contributed by atoms with E-state index < -0.39 is 0 Å². The van der Waals surface area contributed by atoms with E-state index in [1.807, 2.05) is 24.3 Å². The summed E-state index contributed by atoms with van der Waals surface area (Å²) in [5.74, 6) is 0. The minimum absolute atomic E-state index is 0.00426. The molecule has 1 nitrogen and oxygen atoms in total. The van der Waals surface area contributed by atoms with Crippen molar-refractivity contribution < 1.29 is 0 Å². The lowest BCUT2D eigenvalue weighted by molar-refractivity contribution is 0.278. The third kappa shape index (κ3) is 2.38. The highest BCUT2D eigenvalue weighted by atomic mass is 35.5. The molecule has 2 heteroatoms. The second-order valence-corrected chi connectivity index (χ2v) is 5.95. The van der Waals surface area contributed by atoms with Gasteiger partial charge in [-0.15, -0.1) is 0 Å². The highest BCUT2D eigenvalue weighted by Crippen LogP contribution is 2.37. The predicted molar refractivity (Wildman–Crippen MR) is 80.0 cm³/mol. The summed E-state index contributed by atoms with van der Waals surface area (Å²) in [6, 6.07) is 12.3. The molecule has 0 fully saturated rings. The molecular weight excluding hydrogens is 242 g/mol. The monoisotopic (exact) mass is 261 g/mol. The van der Waals surface area contributed by atoms with Crippen LogP contribution in [0.1, 0.15) is 38.8 Å². The second kappa shape index (κ2) is 4.91. The Hall–Kier alpha value is -1.05. The molecule has 0 radical (unpaired) electrons. The molecule has 0 bridgehead atoms. The van der Waals surface area contributed by atoms with E-state index in [4.69, 9.17) is 17.3 Å². The van der Waals surface area contributed by atoms with E-state index in [1.54, 1.807) is 0 Å². The normalized spacial score (nSPS) is 13.8. The molecule has 1 unspecified atom stereocenters. The number of hydrogen-bond donors (Lipinski definition) is 1. The fourth-order valence-electron chi connectivity index (χ4n) is 2.14. The highest BCUT2D eigenvalue weighted by Gasteiger charge is 2.26. The van der Waals surface area contributed by atoms with Crippen LogP contribution >= 0.6 is 11.6 Å². The van der Waals surface area contributed by atoms with Gasteiger partial charge in [-0.3, -0.25) is 0 Å². The fourth-order valence-corrected chi connectivity index (χ4v) is 2.43. The third-order valence-corrected chi connectivity index (χ3v) is 4.26. The van der Waals surface area contributed by atoms with Crippen LogP contribution in [0.3, 0.4) is 0 Å². The van der Waals surface area contributed by atoms with Crippen LogP contribution in [0.2, 0.25) is 5.02 Å². The number of fused-ring (bicyclic) bond motifs is 1. The average Bonchev–Trinajstić information content (AvgIpc) is 2.37. The van der Waals surface area contributed by atoms with E-state index in [-0.39, 0.29) is 11.5 Å². The van der Waals surface area contributed by atoms with Crippen molar-refractivity contribution in [3.8, 4) is 0 Å². The molecule has 0 aliphatic rings. The minimum atomic E-state index is 0.00426. The minimum Gasteiger partial charge on any atom is -0.324 e. The van der Waals surface area contributed by atoms with Crippen molar-refractivity contribution in [1.29, 1.82) is 0 Å². The molecule has 0 amide bonds. The maximum Gasteiger partial charge on any atom is 0.0487 e. The summed E-state index contributed by atoms with van der Waals surface area (Å²) >= 11 is 6.34. The van der Waals surface area contributed by atoms with Crippen LogP contribution in [0.15, 0.2) is 36.4 Å². The first-order chi connectivity index (χ1) is 8.45. The average molecular weight is 262 g/mol. The van der Waals surface area contributed by atoms with E-state index in [9.17, 15) is 0 Å². The van der Waals surface area contributed by atoms with Crippen LogP contribution in [-0.4, -0.2) is 0 Å². The van der Waals surface area contributed by atoms with Gasteiger partial charge < -0.3 is 5.73 Å². The van der Waals surface area contributed by atoms with Crippen molar-refractivity contribution >= 4 is 22.4 Å². The van der Waals surface area contributed by atoms with Gasteiger partial charge in [0.25, 0.3) is 0 Å². The van der Waals surface area contributed by atoms with Gasteiger partial charge in [0, 0.05) is 16.5 Å². The zero-order valence-corrected chi connectivity index (χ0v) is 12.0. The highest BCUT2D eigenvalue weighted by molar-refractivity contribution is 6.35. The molecule has 0 saturated carbocycles. The van der Waals surface area contributed by atoms with Gasteiger partial charge in [-0.25, -0.2) is 0 Å². The molecule has 2 aromatic carbocycles. The molecule has 2 aromatic rings. The number of nitrogens with two attached hydrogens (primary N) is 1. The van der Waals surface area contributed by atoms with Crippen molar-refractivity contribution in [3.63, 3.8) is 0 Å². The molecule has 0 aliphatic carbocycles. The second-order valence-electron chi connectivity index (χ2n) is 5.54.